The Labute approximate surface area is 118 Å². The van der Waals surface area contributed by atoms with Gasteiger partial charge in [-0.2, -0.15) is 0 Å². The minimum absolute atomic E-state index is 0.165. The summed E-state index contributed by atoms with van der Waals surface area (Å²) < 4.78 is 5.74. The third-order valence-corrected chi connectivity index (χ3v) is 4.44. The average molecular weight is 285 g/mol. The van der Waals surface area contributed by atoms with Crippen LogP contribution in [0.2, 0.25) is 0 Å². The maximum atomic E-state index is 11.7. The second kappa shape index (κ2) is 5.25. The van der Waals surface area contributed by atoms with Crippen molar-refractivity contribution in [3.63, 3.8) is 0 Å². The van der Waals surface area contributed by atoms with Gasteiger partial charge in [-0.1, -0.05) is 13.8 Å². The highest BCUT2D eigenvalue weighted by atomic mass is 35.5. The summed E-state index contributed by atoms with van der Waals surface area (Å²) in [5.74, 6) is 0.857. The first kappa shape index (κ1) is 14.5. The van der Waals surface area contributed by atoms with E-state index >= 15 is 0 Å². The Bertz CT molecular complexity index is 500. The highest BCUT2D eigenvalue weighted by Gasteiger charge is 2.41. The lowest BCUT2D eigenvalue weighted by atomic mass is 9.70. The molecule has 0 radical (unpaired) electrons. The van der Waals surface area contributed by atoms with E-state index in [1.54, 1.807) is 7.11 Å². The molecule has 1 saturated carbocycles. The second-order valence-corrected chi connectivity index (χ2v) is 6.35. The van der Waals surface area contributed by atoms with E-state index in [-0.39, 0.29) is 11.4 Å². The molecule has 0 amide bonds. The maximum absolute atomic E-state index is 11.7. The standard InChI is InChI=1S/C14H21ClN2O2/c1-13(2)4-6-14(19-3,7-5-13)12-16-10(9-15)8-11(18)17-12/h8H,4-7,9H2,1-3H3,(H,16,17,18). The molecule has 1 N–H and O–H groups in total. The van der Waals surface area contributed by atoms with Gasteiger partial charge < -0.3 is 9.72 Å². The Hall–Kier alpha value is -0.870. The van der Waals surface area contributed by atoms with Crippen LogP contribution in [0, 0.1) is 5.41 Å². The maximum Gasteiger partial charge on any atom is 0.251 e. The summed E-state index contributed by atoms with van der Waals surface area (Å²) >= 11 is 5.79. The van der Waals surface area contributed by atoms with Crippen molar-refractivity contribution in [3.05, 3.63) is 27.9 Å². The number of hydrogen-bond donors (Lipinski definition) is 1. The molecule has 0 saturated heterocycles. The van der Waals surface area contributed by atoms with Crippen LogP contribution in [0.3, 0.4) is 0 Å². The minimum Gasteiger partial charge on any atom is -0.370 e. The van der Waals surface area contributed by atoms with Crippen molar-refractivity contribution in [3.8, 4) is 0 Å². The summed E-state index contributed by atoms with van der Waals surface area (Å²) in [6.07, 6.45) is 3.83. The molecule has 0 spiro atoms. The zero-order valence-corrected chi connectivity index (χ0v) is 12.5. The lowest BCUT2D eigenvalue weighted by molar-refractivity contribution is -0.0731. The van der Waals surface area contributed by atoms with Gasteiger partial charge in [-0.05, 0) is 31.1 Å². The van der Waals surface area contributed by atoms with Crippen molar-refractivity contribution in [2.45, 2.75) is 51.0 Å². The first-order valence-electron chi connectivity index (χ1n) is 6.63. The van der Waals surface area contributed by atoms with E-state index < -0.39 is 5.60 Å². The Morgan fingerprint density at radius 1 is 1.37 bits per heavy atom. The molecule has 0 unspecified atom stereocenters. The summed E-state index contributed by atoms with van der Waals surface area (Å²) in [5.41, 5.74) is 0.284. The molecule has 1 fully saturated rings. The summed E-state index contributed by atoms with van der Waals surface area (Å²) in [7, 11) is 1.69. The first-order chi connectivity index (χ1) is 8.91. The number of rotatable bonds is 3. The van der Waals surface area contributed by atoms with Crippen molar-refractivity contribution < 1.29 is 4.74 Å². The molecule has 0 aliphatic heterocycles. The van der Waals surface area contributed by atoms with Crippen LogP contribution in [0.15, 0.2) is 10.9 Å². The molecule has 1 aliphatic rings. The molecule has 19 heavy (non-hydrogen) atoms. The van der Waals surface area contributed by atoms with Gasteiger partial charge in [-0.15, -0.1) is 11.6 Å². The van der Waals surface area contributed by atoms with E-state index in [2.05, 4.69) is 23.8 Å². The molecule has 1 aliphatic carbocycles. The Balaban J connectivity index is 2.37. The summed E-state index contributed by atoms with van der Waals surface area (Å²) in [6.45, 7) is 4.52. The average Bonchev–Trinajstić information content (AvgIpc) is 2.38. The van der Waals surface area contributed by atoms with Crippen LogP contribution in [0.25, 0.3) is 0 Å². The molecule has 0 atom stereocenters. The molecular formula is C14H21ClN2O2. The summed E-state index contributed by atoms with van der Waals surface area (Å²) in [4.78, 5) is 19.0. The zero-order valence-electron chi connectivity index (χ0n) is 11.8. The molecular weight excluding hydrogens is 264 g/mol. The zero-order chi connectivity index (χ0) is 14.1. The Morgan fingerprint density at radius 3 is 2.53 bits per heavy atom. The molecule has 106 valence electrons. The van der Waals surface area contributed by atoms with Gasteiger partial charge >= 0.3 is 0 Å². The van der Waals surface area contributed by atoms with Gasteiger partial charge in [-0.3, -0.25) is 4.79 Å². The van der Waals surface area contributed by atoms with Crippen LogP contribution in [0.1, 0.15) is 51.0 Å². The fourth-order valence-electron chi connectivity index (χ4n) is 2.66. The highest BCUT2D eigenvalue weighted by molar-refractivity contribution is 6.16. The fraction of sp³-hybridized carbons (Fsp3) is 0.714. The van der Waals surface area contributed by atoms with Crippen molar-refractivity contribution in [2.75, 3.05) is 7.11 Å². The topological polar surface area (TPSA) is 55.0 Å². The fourth-order valence-corrected chi connectivity index (χ4v) is 2.80. The molecule has 1 heterocycles. The van der Waals surface area contributed by atoms with E-state index in [1.807, 2.05) is 0 Å². The van der Waals surface area contributed by atoms with Crippen molar-refractivity contribution >= 4 is 11.6 Å². The first-order valence-corrected chi connectivity index (χ1v) is 7.16. The predicted molar refractivity (Wildman–Crippen MR) is 75.4 cm³/mol. The van der Waals surface area contributed by atoms with Gasteiger partial charge in [0.15, 0.2) is 0 Å². The monoisotopic (exact) mass is 284 g/mol. The molecule has 5 heteroatoms. The van der Waals surface area contributed by atoms with E-state index in [0.29, 0.717) is 16.9 Å². The van der Waals surface area contributed by atoms with Crippen molar-refractivity contribution in [2.24, 2.45) is 5.41 Å². The molecule has 4 nitrogen and oxygen atoms in total. The van der Waals surface area contributed by atoms with Crippen LogP contribution in [0.5, 0.6) is 0 Å². The third kappa shape index (κ3) is 3.00. The normalized spacial score (nSPS) is 21.3. The minimum atomic E-state index is -0.475. The molecule has 0 bridgehead atoms. The number of aromatic amines is 1. The number of nitrogens with zero attached hydrogens (tertiary/aromatic N) is 1. The van der Waals surface area contributed by atoms with E-state index in [4.69, 9.17) is 16.3 Å². The number of aromatic nitrogens is 2. The smallest absolute Gasteiger partial charge is 0.251 e. The van der Waals surface area contributed by atoms with Crippen molar-refractivity contribution in [1.82, 2.24) is 9.97 Å². The van der Waals surface area contributed by atoms with Crippen LogP contribution in [-0.4, -0.2) is 17.1 Å². The summed E-state index contributed by atoms with van der Waals surface area (Å²) in [5, 5.41) is 0. The van der Waals surface area contributed by atoms with Gasteiger partial charge in [-0.25, -0.2) is 4.98 Å². The van der Waals surface area contributed by atoms with Crippen molar-refractivity contribution in [1.29, 1.82) is 0 Å². The number of methoxy groups -OCH3 is 1. The third-order valence-electron chi connectivity index (χ3n) is 4.17. The lowest BCUT2D eigenvalue weighted by Gasteiger charge is -2.41. The van der Waals surface area contributed by atoms with Gasteiger partial charge in [0.05, 0.1) is 11.6 Å². The number of halogens is 1. The SMILES string of the molecule is COC1(c2nc(CCl)cc(=O)[nH]2)CCC(C)(C)CC1. The van der Waals surface area contributed by atoms with Crippen LogP contribution in [0.4, 0.5) is 0 Å². The van der Waals surface area contributed by atoms with E-state index in [9.17, 15) is 4.79 Å². The highest BCUT2D eigenvalue weighted by Crippen LogP contribution is 2.45. The van der Waals surface area contributed by atoms with Gasteiger partial charge in [0, 0.05) is 13.2 Å². The number of H-pyrrole nitrogens is 1. The van der Waals surface area contributed by atoms with Crippen LogP contribution in [-0.2, 0) is 16.2 Å². The van der Waals surface area contributed by atoms with Gasteiger partial charge in [0.2, 0.25) is 0 Å². The molecule has 1 aromatic rings. The Morgan fingerprint density at radius 2 is 2.00 bits per heavy atom. The number of hydrogen-bond acceptors (Lipinski definition) is 3. The number of alkyl halides is 1. The molecule has 0 aromatic carbocycles. The number of ether oxygens (including phenoxy) is 1. The van der Waals surface area contributed by atoms with E-state index in [1.165, 1.54) is 6.07 Å². The summed E-state index contributed by atoms with van der Waals surface area (Å²) in [6, 6.07) is 1.44. The Kier molecular flexibility index (Phi) is 4.02. The predicted octanol–water partition coefficient (Wildman–Crippen LogP) is 2.95. The lowest BCUT2D eigenvalue weighted by Crippen LogP contribution is -2.39. The van der Waals surface area contributed by atoms with Gasteiger partial charge in [0.1, 0.15) is 11.4 Å². The molecule has 2 rings (SSSR count). The van der Waals surface area contributed by atoms with Crippen LogP contribution >= 0.6 is 11.6 Å². The van der Waals surface area contributed by atoms with E-state index in [0.717, 1.165) is 25.7 Å². The second-order valence-electron chi connectivity index (χ2n) is 6.08. The largest absolute Gasteiger partial charge is 0.370 e. The van der Waals surface area contributed by atoms with Gasteiger partial charge in [0.25, 0.3) is 5.56 Å². The van der Waals surface area contributed by atoms with Crippen LogP contribution < -0.4 is 5.56 Å². The number of nitrogens with one attached hydrogen (secondary N) is 1. The quantitative estimate of drug-likeness (QED) is 0.868. The molecule has 1 aromatic heterocycles.